The van der Waals surface area contributed by atoms with Gasteiger partial charge in [0.25, 0.3) is 0 Å². The van der Waals surface area contributed by atoms with Crippen molar-refractivity contribution in [1.82, 2.24) is 5.32 Å². The van der Waals surface area contributed by atoms with E-state index in [0.29, 0.717) is 12.8 Å². The summed E-state index contributed by atoms with van der Waals surface area (Å²) in [5, 5.41) is 87.5. The lowest BCUT2D eigenvalue weighted by molar-refractivity contribution is -0.359. The summed E-state index contributed by atoms with van der Waals surface area (Å²) in [7, 11) is 0. The third-order valence-electron chi connectivity index (χ3n) is 17.0. The van der Waals surface area contributed by atoms with Gasteiger partial charge in [0.2, 0.25) is 5.91 Å². The largest absolute Gasteiger partial charge is 0.394 e. The minimum atomic E-state index is -1.80. The molecule has 2 saturated heterocycles. The van der Waals surface area contributed by atoms with Crippen LogP contribution in [0.2, 0.25) is 0 Å². The smallest absolute Gasteiger partial charge is 0.220 e. The van der Waals surface area contributed by atoms with E-state index >= 15 is 0 Å². The van der Waals surface area contributed by atoms with Crippen molar-refractivity contribution in [2.24, 2.45) is 0 Å². The average molecular weight is 1250 g/mol. The fourth-order valence-corrected chi connectivity index (χ4v) is 11.3. The number of ether oxygens (including phenoxy) is 4. The fourth-order valence-electron chi connectivity index (χ4n) is 11.3. The van der Waals surface area contributed by atoms with Crippen LogP contribution in [0.1, 0.15) is 277 Å². The van der Waals surface area contributed by atoms with E-state index in [2.05, 4.69) is 104 Å². The number of carbonyl (C=O) groups is 1. The Bertz CT molecular complexity index is 1860. The Hall–Kier alpha value is -3.09. The first-order valence-electron chi connectivity index (χ1n) is 36.0. The first-order chi connectivity index (χ1) is 43.6. The van der Waals surface area contributed by atoms with Crippen molar-refractivity contribution in [3.05, 3.63) is 97.2 Å². The zero-order valence-corrected chi connectivity index (χ0v) is 55.9. The lowest BCUT2D eigenvalue weighted by atomic mass is 9.97. The van der Waals surface area contributed by atoms with Crippen LogP contribution in [0.3, 0.4) is 0 Å². The molecule has 2 heterocycles. The van der Waals surface area contributed by atoms with Crippen molar-refractivity contribution in [3.8, 4) is 0 Å². The van der Waals surface area contributed by atoms with E-state index in [9.17, 15) is 45.6 Å². The molecule has 14 nitrogen and oxygen atoms in total. The van der Waals surface area contributed by atoms with Gasteiger partial charge in [-0.3, -0.25) is 4.79 Å². The fraction of sp³-hybridized carbons (Fsp3) is 0.773. The maximum absolute atomic E-state index is 13.3. The number of rotatable bonds is 58. The van der Waals surface area contributed by atoms with Crippen LogP contribution in [0, 0.1) is 0 Å². The Labute approximate surface area is 541 Å². The van der Waals surface area contributed by atoms with Crippen LogP contribution in [-0.2, 0) is 23.7 Å². The number of nitrogens with one attached hydrogen (secondary N) is 1. The van der Waals surface area contributed by atoms with Gasteiger partial charge in [-0.25, -0.2) is 0 Å². The van der Waals surface area contributed by atoms with Gasteiger partial charge in [-0.15, -0.1) is 0 Å². The molecule has 0 bridgehead atoms. The van der Waals surface area contributed by atoms with Crippen molar-refractivity contribution in [2.75, 3.05) is 19.8 Å². The highest BCUT2D eigenvalue weighted by atomic mass is 16.7. The Morgan fingerprint density at radius 2 is 0.787 bits per heavy atom. The predicted molar refractivity (Wildman–Crippen MR) is 364 cm³/mol. The van der Waals surface area contributed by atoms with E-state index < -0.39 is 86.8 Å². The Kier molecular flexibility index (Phi) is 54.1. The van der Waals surface area contributed by atoms with Crippen LogP contribution in [0.25, 0.3) is 0 Å². The summed E-state index contributed by atoms with van der Waals surface area (Å²) < 4.78 is 22.8. The SMILES string of the molecule is CC/C=C\C/C=C\C/C=C\C/C=C\C/C=C\C/C=C\CCCCCCCCCCCCC(=O)NC(COC1OC(CO)C(OC2OC(CO)C(O)C(O)C2O)C(O)C1O)C(O)/C=C/CC/C=C/CCCCCCCCCCCCCCCCCCCCCC. The van der Waals surface area contributed by atoms with Gasteiger partial charge in [0.05, 0.1) is 32.0 Å². The minimum Gasteiger partial charge on any atom is -0.394 e. The van der Waals surface area contributed by atoms with Gasteiger partial charge in [-0.1, -0.05) is 284 Å². The molecular weight excluding hydrogens is 1120 g/mol. The zero-order valence-electron chi connectivity index (χ0n) is 55.9. The molecular formula is C75H131NO13. The third-order valence-corrected chi connectivity index (χ3v) is 17.0. The Morgan fingerprint density at radius 1 is 0.416 bits per heavy atom. The quantitative estimate of drug-likeness (QED) is 0.0204. The molecule has 0 radical (unpaired) electrons. The molecule has 0 aromatic carbocycles. The number of aliphatic hydroxyl groups is 8. The van der Waals surface area contributed by atoms with Crippen LogP contribution in [-0.4, -0.2) is 140 Å². The maximum Gasteiger partial charge on any atom is 0.220 e. The number of hydrogen-bond donors (Lipinski definition) is 9. The number of allylic oxidation sites excluding steroid dienone is 15. The number of unbranched alkanes of at least 4 members (excludes halogenated alkanes) is 31. The Balaban J connectivity index is 1.70. The van der Waals surface area contributed by atoms with E-state index in [1.807, 2.05) is 6.08 Å². The van der Waals surface area contributed by atoms with E-state index in [0.717, 1.165) is 77.0 Å². The molecule has 2 aliphatic heterocycles. The second kappa shape index (κ2) is 58.7. The molecule has 2 aliphatic rings. The second-order valence-electron chi connectivity index (χ2n) is 25.0. The summed E-state index contributed by atoms with van der Waals surface area (Å²) >= 11 is 0. The molecule has 89 heavy (non-hydrogen) atoms. The van der Waals surface area contributed by atoms with E-state index in [-0.39, 0.29) is 18.9 Å². The lowest BCUT2D eigenvalue weighted by Crippen LogP contribution is -2.65. The molecule has 2 fully saturated rings. The van der Waals surface area contributed by atoms with Crippen LogP contribution < -0.4 is 5.32 Å². The third kappa shape index (κ3) is 42.7. The van der Waals surface area contributed by atoms with Gasteiger partial charge in [0.1, 0.15) is 48.8 Å². The highest BCUT2D eigenvalue weighted by Gasteiger charge is 2.51. The average Bonchev–Trinajstić information content (AvgIpc) is 2.51. The summed E-state index contributed by atoms with van der Waals surface area (Å²) in [5.41, 5.74) is 0. The number of amides is 1. The Morgan fingerprint density at radius 3 is 1.24 bits per heavy atom. The molecule has 9 N–H and O–H groups in total. The van der Waals surface area contributed by atoms with Crippen molar-refractivity contribution in [1.29, 1.82) is 0 Å². The van der Waals surface area contributed by atoms with E-state index in [1.54, 1.807) is 6.08 Å². The highest BCUT2D eigenvalue weighted by Crippen LogP contribution is 2.30. The molecule has 0 aromatic rings. The predicted octanol–water partition coefficient (Wildman–Crippen LogP) is 15.0. The molecule has 0 aliphatic carbocycles. The molecule has 14 heteroatoms. The topological polar surface area (TPSA) is 228 Å². The van der Waals surface area contributed by atoms with Gasteiger partial charge in [0, 0.05) is 6.42 Å². The molecule has 0 spiro atoms. The second-order valence-corrected chi connectivity index (χ2v) is 25.0. The summed E-state index contributed by atoms with van der Waals surface area (Å²) in [5.74, 6) is -0.255. The molecule has 12 unspecified atom stereocenters. The van der Waals surface area contributed by atoms with Crippen LogP contribution in [0.5, 0.6) is 0 Å². The molecule has 0 saturated carbocycles. The molecule has 12 atom stereocenters. The van der Waals surface area contributed by atoms with Crippen molar-refractivity contribution < 1.29 is 64.6 Å². The normalized spacial score (nSPS) is 23.6. The van der Waals surface area contributed by atoms with Crippen molar-refractivity contribution in [2.45, 2.75) is 351 Å². The maximum atomic E-state index is 13.3. The summed E-state index contributed by atoms with van der Waals surface area (Å²) in [6.45, 7) is 2.69. The number of aliphatic hydroxyl groups excluding tert-OH is 8. The zero-order chi connectivity index (χ0) is 64.5. The van der Waals surface area contributed by atoms with Crippen LogP contribution >= 0.6 is 0 Å². The van der Waals surface area contributed by atoms with Gasteiger partial charge in [-0.2, -0.15) is 0 Å². The van der Waals surface area contributed by atoms with Gasteiger partial charge >= 0.3 is 0 Å². The number of hydrogen-bond acceptors (Lipinski definition) is 13. The van der Waals surface area contributed by atoms with Crippen molar-refractivity contribution in [3.63, 3.8) is 0 Å². The summed E-state index contributed by atoms with van der Waals surface area (Å²) in [6, 6.07) is -0.942. The summed E-state index contributed by atoms with van der Waals surface area (Å²) in [4.78, 5) is 13.3. The van der Waals surface area contributed by atoms with Crippen molar-refractivity contribution >= 4 is 5.91 Å². The first kappa shape index (κ1) is 82.0. The summed E-state index contributed by atoms with van der Waals surface area (Å²) in [6.07, 6.45) is 66.0. The molecule has 514 valence electrons. The number of carbonyl (C=O) groups excluding carboxylic acids is 1. The molecule has 2 rings (SSSR count). The van der Waals surface area contributed by atoms with Crippen LogP contribution in [0.15, 0.2) is 97.2 Å². The first-order valence-corrected chi connectivity index (χ1v) is 36.0. The monoisotopic (exact) mass is 1250 g/mol. The minimum absolute atomic E-state index is 0.255. The highest BCUT2D eigenvalue weighted by molar-refractivity contribution is 5.76. The lowest BCUT2D eigenvalue weighted by Gasteiger charge is -2.46. The van der Waals surface area contributed by atoms with E-state index in [4.69, 9.17) is 18.9 Å². The van der Waals surface area contributed by atoms with Crippen LogP contribution in [0.4, 0.5) is 0 Å². The van der Waals surface area contributed by atoms with Gasteiger partial charge < -0.3 is 65.1 Å². The van der Waals surface area contributed by atoms with Gasteiger partial charge in [-0.05, 0) is 83.5 Å². The molecule has 0 aromatic heterocycles. The standard InChI is InChI=1S/C75H131NO13/c1-3-5-7-9-11-13-15-17-19-21-23-25-27-29-31-32-33-35-37-39-41-43-45-47-49-51-53-55-57-59-67(80)76-63(62-86-74-72(85)70(83)73(66(61-78)88-74)89-75-71(84)69(82)68(81)65(60-77)87-75)64(79)58-56-54-52-50-48-46-44-42-40-38-36-34-30-28-26-24-22-20-18-16-14-12-10-8-6-4-2/h5,7,11,13,17,19,23,25,29,31,33,35,48,50,56,58,63-66,68-75,77-79,81-85H,3-4,6,8-10,12,14-16,18,20-22,24,26-28,30,32,34,36-47,49,51-55,57,59-62H2,1-2H3,(H,76,80)/b7-5-,13-11-,19-17-,25-23-,31-29-,35-33-,50-48+,58-56+. The molecule has 1 amide bonds. The van der Waals surface area contributed by atoms with Gasteiger partial charge in [0.15, 0.2) is 12.6 Å². The van der Waals surface area contributed by atoms with E-state index in [1.165, 1.54) is 167 Å².